The molecule has 2 heteroatoms. The SMILES string of the molecule is C=C/C=c1\c(=C)sc2cc3ccc4c5ccccc5oc4c3cc12. The third-order valence-corrected chi connectivity index (χ3v) is 5.59. The number of para-hydroxylation sites is 1. The average Bonchev–Trinajstić information content (AvgIpc) is 3.11. The molecule has 114 valence electrons. The number of benzene rings is 3. The minimum atomic E-state index is 0.932. The molecule has 0 bridgehead atoms. The largest absolute Gasteiger partial charge is 0.455 e. The Hall–Kier alpha value is -2.84. The van der Waals surface area contributed by atoms with Crippen LogP contribution < -0.4 is 9.75 Å². The lowest BCUT2D eigenvalue weighted by Crippen LogP contribution is -2.15. The number of thiophene rings is 1. The van der Waals surface area contributed by atoms with Crippen LogP contribution in [0, 0.1) is 0 Å². The van der Waals surface area contributed by atoms with Crippen LogP contribution in [0.3, 0.4) is 0 Å². The predicted molar refractivity (Wildman–Crippen MR) is 106 cm³/mol. The molecule has 1 nitrogen and oxygen atoms in total. The number of furan rings is 1. The van der Waals surface area contributed by atoms with Crippen molar-refractivity contribution in [2.75, 3.05) is 0 Å². The van der Waals surface area contributed by atoms with E-state index in [1.54, 1.807) is 11.3 Å². The summed E-state index contributed by atoms with van der Waals surface area (Å²) in [6.07, 6.45) is 3.86. The third-order valence-electron chi connectivity index (χ3n) is 4.57. The Morgan fingerprint density at radius 2 is 1.79 bits per heavy atom. The highest BCUT2D eigenvalue weighted by Gasteiger charge is 2.11. The van der Waals surface area contributed by atoms with Crippen molar-refractivity contribution in [2.45, 2.75) is 0 Å². The van der Waals surface area contributed by atoms with Gasteiger partial charge in [0.05, 0.1) is 0 Å². The van der Waals surface area contributed by atoms with Crippen LogP contribution in [0.2, 0.25) is 0 Å². The van der Waals surface area contributed by atoms with Crippen LogP contribution in [0.1, 0.15) is 0 Å². The zero-order valence-corrected chi connectivity index (χ0v) is 13.8. The van der Waals surface area contributed by atoms with Gasteiger partial charge in [-0.25, -0.2) is 0 Å². The molecule has 0 aliphatic carbocycles. The summed E-state index contributed by atoms with van der Waals surface area (Å²) in [5.41, 5.74) is 1.89. The second-order valence-electron chi connectivity index (χ2n) is 5.95. The molecule has 0 N–H and O–H groups in total. The lowest BCUT2D eigenvalue weighted by Gasteiger charge is -2.00. The van der Waals surface area contributed by atoms with Crippen LogP contribution in [-0.4, -0.2) is 0 Å². The summed E-state index contributed by atoms with van der Waals surface area (Å²) in [7, 11) is 0. The van der Waals surface area contributed by atoms with Gasteiger partial charge in [-0.05, 0) is 34.9 Å². The van der Waals surface area contributed by atoms with Crippen LogP contribution in [-0.2, 0) is 0 Å². The minimum absolute atomic E-state index is 0.932. The number of fused-ring (bicyclic) bond motifs is 6. The molecule has 0 aliphatic heterocycles. The van der Waals surface area contributed by atoms with Crippen molar-refractivity contribution in [3.05, 3.63) is 70.9 Å². The van der Waals surface area contributed by atoms with Crippen LogP contribution in [0.15, 0.2) is 65.6 Å². The fourth-order valence-electron chi connectivity index (χ4n) is 3.47. The first kappa shape index (κ1) is 13.6. The normalized spacial score (nSPS) is 12.8. The van der Waals surface area contributed by atoms with Gasteiger partial charge in [0.25, 0.3) is 0 Å². The number of hydrogen-bond acceptors (Lipinski definition) is 2. The number of hydrogen-bond donors (Lipinski definition) is 0. The monoisotopic (exact) mass is 326 g/mol. The Bertz CT molecular complexity index is 1380. The topological polar surface area (TPSA) is 13.1 Å². The van der Waals surface area contributed by atoms with E-state index >= 15 is 0 Å². The van der Waals surface area contributed by atoms with Gasteiger partial charge >= 0.3 is 0 Å². The second kappa shape index (κ2) is 4.83. The third kappa shape index (κ3) is 1.75. The fourth-order valence-corrected chi connectivity index (χ4v) is 4.49. The van der Waals surface area contributed by atoms with Crippen molar-refractivity contribution in [1.82, 2.24) is 0 Å². The molecule has 0 radical (unpaired) electrons. The summed E-state index contributed by atoms with van der Waals surface area (Å²) in [5.74, 6) is 0. The standard InChI is InChI=1S/C22H14OS/c1-3-6-15-13(2)24-21-11-14-9-10-17-16-7-4-5-8-20(16)23-22(17)18(14)12-19(15)21/h3-12H,1-2H2/b15-6+. The van der Waals surface area contributed by atoms with Crippen LogP contribution in [0.25, 0.3) is 55.5 Å². The highest BCUT2D eigenvalue weighted by Crippen LogP contribution is 2.35. The van der Waals surface area contributed by atoms with Crippen molar-refractivity contribution in [3.8, 4) is 0 Å². The lowest BCUT2D eigenvalue weighted by atomic mass is 10.0. The van der Waals surface area contributed by atoms with Gasteiger partial charge in [-0.3, -0.25) is 0 Å². The van der Waals surface area contributed by atoms with E-state index in [0.717, 1.165) is 37.1 Å². The summed E-state index contributed by atoms with van der Waals surface area (Å²) in [4.78, 5) is 0. The van der Waals surface area contributed by atoms with E-state index in [9.17, 15) is 0 Å². The molecule has 3 aromatic carbocycles. The van der Waals surface area contributed by atoms with Gasteiger partial charge in [0, 0.05) is 30.8 Å². The van der Waals surface area contributed by atoms with E-state index in [0.29, 0.717) is 0 Å². The first-order valence-corrected chi connectivity index (χ1v) is 8.66. The van der Waals surface area contributed by atoms with E-state index < -0.39 is 0 Å². The summed E-state index contributed by atoms with van der Waals surface area (Å²) in [6.45, 7) is 8.01. The van der Waals surface area contributed by atoms with E-state index in [-0.39, 0.29) is 0 Å². The molecule has 0 fully saturated rings. The van der Waals surface area contributed by atoms with Crippen molar-refractivity contribution in [1.29, 1.82) is 0 Å². The van der Waals surface area contributed by atoms with Crippen molar-refractivity contribution >= 4 is 66.8 Å². The van der Waals surface area contributed by atoms with E-state index in [1.807, 2.05) is 24.3 Å². The van der Waals surface area contributed by atoms with Gasteiger partial charge in [-0.15, -0.1) is 11.3 Å². The van der Waals surface area contributed by atoms with Gasteiger partial charge in [0.15, 0.2) is 0 Å². The maximum Gasteiger partial charge on any atom is 0.143 e. The summed E-state index contributed by atoms with van der Waals surface area (Å²) < 4.78 is 8.50. The number of rotatable bonds is 1. The summed E-state index contributed by atoms with van der Waals surface area (Å²) in [5, 5.41) is 7.03. The molecule has 0 atom stereocenters. The Morgan fingerprint density at radius 1 is 0.917 bits per heavy atom. The van der Waals surface area contributed by atoms with Gasteiger partial charge < -0.3 is 4.42 Å². The smallest absolute Gasteiger partial charge is 0.143 e. The molecule has 0 unspecified atom stereocenters. The van der Waals surface area contributed by atoms with Crippen molar-refractivity contribution in [3.63, 3.8) is 0 Å². The molecule has 24 heavy (non-hydrogen) atoms. The maximum atomic E-state index is 6.18. The molecular formula is C22H14OS. The zero-order valence-electron chi connectivity index (χ0n) is 13.0. The van der Waals surface area contributed by atoms with E-state index in [4.69, 9.17) is 4.42 Å². The summed E-state index contributed by atoms with van der Waals surface area (Å²) >= 11 is 1.72. The summed E-state index contributed by atoms with van der Waals surface area (Å²) in [6, 6.07) is 17.0. The Labute approximate surface area is 142 Å². The molecule has 0 spiro atoms. The van der Waals surface area contributed by atoms with Gasteiger partial charge in [-0.1, -0.05) is 49.6 Å². The van der Waals surface area contributed by atoms with E-state index in [1.165, 1.54) is 15.5 Å². The first-order chi connectivity index (χ1) is 11.8. The van der Waals surface area contributed by atoms with Crippen molar-refractivity contribution < 1.29 is 4.42 Å². The molecule has 0 amide bonds. The predicted octanol–water partition coefficient (Wildman–Crippen LogP) is 5.33. The maximum absolute atomic E-state index is 6.18. The highest BCUT2D eigenvalue weighted by atomic mass is 32.1. The zero-order chi connectivity index (χ0) is 16.3. The van der Waals surface area contributed by atoms with Crippen molar-refractivity contribution in [2.24, 2.45) is 0 Å². The molecular weight excluding hydrogens is 312 g/mol. The van der Waals surface area contributed by atoms with E-state index in [2.05, 4.69) is 49.6 Å². The lowest BCUT2D eigenvalue weighted by molar-refractivity contribution is 0.672. The quantitative estimate of drug-likeness (QED) is 0.406. The highest BCUT2D eigenvalue weighted by molar-refractivity contribution is 7.17. The molecule has 0 saturated heterocycles. The van der Waals surface area contributed by atoms with Gasteiger partial charge in [0.2, 0.25) is 0 Å². The van der Waals surface area contributed by atoms with Gasteiger partial charge in [0.1, 0.15) is 11.2 Å². The van der Waals surface area contributed by atoms with Crippen LogP contribution >= 0.6 is 11.3 Å². The average molecular weight is 326 g/mol. The molecule has 2 heterocycles. The minimum Gasteiger partial charge on any atom is -0.455 e. The Balaban J connectivity index is 2.04. The van der Waals surface area contributed by atoms with Crippen LogP contribution in [0.4, 0.5) is 0 Å². The van der Waals surface area contributed by atoms with Gasteiger partial charge in [-0.2, -0.15) is 0 Å². The Kier molecular flexibility index (Phi) is 2.73. The number of allylic oxidation sites excluding steroid dienone is 1. The Morgan fingerprint density at radius 3 is 2.67 bits per heavy atom. The first-order valence-electron chi connectivity index (χ1n) is 7.84. The molecule has 0 aliphatic rings. The molecule has 5 aromatic rings. The molecule has 5 rings (SSSR count). The molecule has 2 aromatic heterocycles. The fraction of sp³-hybridized carbons (Fsp3) is 0. The molecule has 0 saturated carbocycles. The second-order valence-corrected chi connectivity index (χ2v) is 7.09. The van der Waals surface area contributed by atoms with Crippen LogP contribution in [0.5, 0.6) is 0 Å².